The van der Waals surface area contributed by atoms with Crippen molar-refractivity contribution >= 4 is 34.7 Å². The topological polar surface area (TPSA) is 47.0 Å². The predicted molar refractivity (Wildman–Crippen MR) is 77.0 cm³/mol. The second-order valence-electron chi connectivity index (χ2n) is 4.00. The lowest BCUT2D eigenvalue weighted by Crippen LogP contribution is -2.04. The van der Waals surface area contributed by atoms with Crippen molar-refractivity contribution in [2.75, 3.05) is 11.9 Å². The second-order valence-corrected chi connectivity index (χ2v) is 4.79. The maximum absolute atomic E-state index is 13.7. The number of nitrogens with zero attached hydrogens (tertiary/aromatic N) is 2. The van der Waals surface area contributed by atoms with E-state index >= 15 is 0 Å². The number of aromatic nitrogens is 2. The molecule has 0 saturated carbocycles. The first kappa shape index (κ1) is 15.9. The third-order valence-corrected chi connectivity index (χ3v) is 2.93. The molecule has 0 bridgehead atoms. The highest BCUT2D eigenvalue weighted by molar-refractivity contribution is 6.33. The number of ether oxygens (including phenoxy) is 1. The van der Waals surface area contributed by atoms with Gasteiger partial charge < -0.3 is 10.1 Å². The zero-order valence-electron chi connectivity index (χ0n) is 11.0. The fourth-order valence-corrected chi connectivity index (χ4v) is 2.02. The summed E-state index contributed by atoms with van der Waals surface area (Å²) >= 11 is 11.7. The van der Waals surface area contributed by atoms with Crippen LogP contribution in [0.1, 0.15) is 12.7 Å². The van der Waals surface area contributed by atoms with Crippen LogP contribution in [-0.2, 0) is 11.3 Å². The Morgan fingerprint density at radius 2 is 1.95 bits per heavy atom. The van der Waals surface area contributed by atoms with Crippen molar-refractivity contribution in [1.82, 2.24) is 9.97 Å². The molecule has 0 atom stereocenters. The van der Waals surface area contributed by atoms with Gasteiger partial charge in [0.05, 0.1) is 10.7 Å². The molecule has 0 aliphatic rings. The molecule has 1 heterocycles. The summed E-state index contributed by atoms with van der Waals surface area (Å²) in [4.78, 5) is 8.09. The molecule has 1 aromatic heterocycles. The van der Waals surface area contributed by atoms with Crippen molar-refractivity contribution in [3.05, 3.63) is 45.8 Å². The summed E-state index contributed by atoms with van der Waals surface area (Å²) in [6.45, 7) is 2.50. The Morgan fingerprint density at radius 3 is 2.62 bits per heavy atom. The number of hydrogen-bond acceptors (Lipinski definition) is 4. The SMILES string of the molecule is CCOCc1nc(Cl)cc(Nc2c(F)cc(F)cc2Cl)n1. The van der Waals surface area contributed by atoms with E-state index in [1.165, 1.54) is 6.07 Å². The number of anilines is 2. The van der Waals surface area contributed by atoms with E-state index < -0.39 is 11.6 Å². The van der Waals surface area contributed by atoms with Gasteiger partial charge in [-0.2, -0.15) is 0 Å². The van der Waals surface area contributed by atoms with Crippen LogP contribution in [0.5, 0.6) is 0 Å². The third kappa shape index (κ3) is 4.23. The van der Waals surface area contributed by atoms with Gasteiger partial charge in [-0.1, -0.05) is 23.2 Å². The molecule has 0 aliphatic heterocycles. The van der Waals surface area contributed by atoms with Gasteiger partial charge in [0.1, 0.15) is 23.4 Å². The molecule has 112 valence electrons. The van der Waals surface area contributed by atoms with Crippen molar-refractivity contribution in [2.24, 2.45) is 0 Å². The highest BCUT2D eigenvalue weighted by Crippen LogP contribution is 2.29. The van der Waals surface area contributed by atoms with E-state index in [1.807, 2.05) is 6.92 Å². The minimum absolute atomic E-state index is 0.0878. The lowest BCUT2D eigenvalue weighted by atomic mass is 10.3. The van der Waals surface area contributed by atoms with Crippen LogP contribution < -0.4 is 5.32 Å². The van der Waals surface area contributed by atoms with Gasteiger partial charge in [-0.05, 0) is 13.0 Å². The average molecular weight is 334 g/mol. The molecule has 0 unspecified atom stereocenters. The van der Waals surface area contributed by atoms with Crippen molar-refractivity contribution in [3.63, 3.8) is 0 Å². The lowest BCUT2D eigenvalue weighted by Gasteiger charge is -2.10. The molecule has 0 amide bonds. The first-order chi connectivity index (χ1) is 9.99. The Morgan fingerprint density at radius 1 is 1.19 bits per heavy atom. The minimum Gasteiger partial charge on any atom is -0.374 e. The number of hydrogen-bond donors (Lipinski definition) is 1. The van der Waals surface area contributed by atoms with Crippen LogP contribution >= 0.6 is 23.2 Å². The molecule has 4 nitrogen and oxygen atoms in total. The highest BCUT2D eigenvalue weighted by atomic mass is 35.5. The number of benzene rings is 1. The molecule has 8 heteroatoms. The van der Waals surface area contributed by atoms with Crippen LogP contribution in [0.3, 0.4) is 0 Å². The first-order valence-corrected chi connectivity index (χ1v) is 6.78. The Bertz CT molecular complexity index is 632. The van der Waals surface area contributed by atoms with Gasteiger partial charge in [-0.25, -0.2) is 18.7 Å². The zero-order chi connectivity index (χ0) is 15.4. The van der Waals surface area contributed by atoms with Crippen molar-refractivity contribution in [3.8, 4) is 0 Å². The monoisotopic (exact) mass is 333 g/mol. The maximum Gasteiger partial charge on any atom is 0.158 e. The summed E-state index contributed by atoms with van der Waals surface area (Å²) in [5.41, 5.74) is -0.0878. The van der Waals surface area contributed by atoms with Gasteiger partial charge in [-0.3, -0.25) is 0 Å². The van der Waals surface area contributed by atoms with Gasteiger partial charge in [-0.15, -0.1) is 0 Å². The van der Waals surface area contributed by atoms with E-state index in [-0.39, 0.29) is 28.3 Å². The van der Waals surface area contributed by atoms with Gasteiger partial charge in [0, 0.05) is 18.7 Å². The van der Waals surface area contributed by atoms with E-state index in [4.69, 9.17) is 27.9 Å². The van der Waals surface area contributed by atoms with E-state index in [0.29, 0.717) is 12.4 Å². The van der Waals surface area contributed by atoms with Crippen LogP contribution in [-0.4, -0.2) is 16.6 Å². The van der Waals surface area contributed by atoms with E-state index in [2.05, 4.69) is 15.3 Å². The summed E-state index contributed by atoms with van der Waals surface area (Å²) in [6, 6.07) is 3.12. The number of halogens is 4. The van der Waals surface area contributed by atoms with E-state index in [0.717, 1.165) is 12.1 Å². The van der Waals surface area contributed by atoms with Crippen LogP contribution in [0.4, 0.5) is 20.3 Å². The van der Waals surface area contributed by atoms with Crippen LogP contribution in [0.15, 0.2) is 18.2 Å². The lowest BCUT2D eigenvalue weighted by molar-refractivity contribution is 0.128. The molecule has 21 heavy (non-hydrogen) atoms. The first-order valence-electron chi connectivity index (χ1n) is 6.02. The predicted octanol–water partition coefficient (Wildman–Crippen LogP) is 4.34. The fraction of sp³-hybridized carbons (Fsp3) is 0.231. The van der Waals surface area contributed by atoms with Crippen molar-refractivity contribution in [1.29, 1.82) is 0 Å². The molecule has 2 aromatic rings. The van der Waals surface area contributed by atoms with Crippen LogP contribution in [0, 0.1) is 11.6 Å². The van der Waals surface area contributed by atoms with Crippen LogP contribution in [0.2, 0.25) is 10.2 Å². The normalized spacial score (nSPS) is 10.7. The molecule has 0 saturated heterocycles. The third-order valence-electron chi connectivity index (χ3n) is 2.44. The Hall–Kier alpha value is -1.50. The molecule has 2 rings (SSSR count). The van der Waals surface area contributed by atoms with Crippen molar-refractivity contribution in [2.45, 2.75) is 13.5 Å². The standard InChI is InChI=1S/C13H11Cl2F2N3O/c1-2-21-6-12-18-10(15)5-11(19-12)20-13-8(14)3-7(16)4-9(13)17/h3-5H,2,6H2,1H3,(H,18,19,20). The van der Waals surface area contributed by atoms with Gasteiger partial charge >= 0.3 is 0 Å². The smallest absolute Gasteiger partial charge is 0.158 e. The summed E-state index contributed by atoms with van der Waals surface area (Å²) < 4.78 is 31.9. The number of rotatable bonds is 5. The summed E-state index contributed by atoms with van der Waals surface area (Å²) in [6.07, 6.45) is 0. The summed E-state index contributed by atoms with van der Waals surface area (Å²) in [5.74, 6) is -1.02. The minimum atomic E-state index is -0.832. The molecular formula is C13H11Cl2F2N3O. The van der Waals surface area contributed by atoms with E-state index in [9.17, 15) is 8.78 Å². The molecule has 0 radical (unpaired) electrons. The Kier molecular flexibility index (Phi) is 5.27. The van der Waals surface area contributed by atoms with Gasteiger partial charge in [0.15, 0.2) is 11.6 Å². The maximum atomic E-state index is 13.7. The van der Waals surface area contributed by atoms with E-state index in [1.54, 1.807) is 0 Å². The Balaban J connectivity index is 2.29. The number of nitrogens with one attached hydrogen (secondary N) is 1. The molecular weight excluding hydrogens is 323 g/mol. The second kappa shape index (κ2) is 6.98. The summed E-state index contributed by atoms with van der Waals surface area (Å²) in [7, 11) is 0. The molecule has 1 N–H and O–H groups in total. The van der Waals surface area contributed by atoms with Crippen LogP contribution in [0.25, 0.3) is 0 Å². The molecule has 0 fully saturated rings. The fourth-order valence-electron chi connectivity index (χ4n) is 1.58. The van der Waals surface area contributed by atoms with Gasteiger partial charge in [0.2, 0.25) is 0 Å². The molecule has 0 spiro atoms. The largest absolute Gasteiger partial charge is 0.374 e. The average Bonchev–Trinajstić information content (AvgIpc) is 2.40. The highest BCUT2D eigenvalue weighted by Gasteiger charge is 2.12. The Labute approximate surface area is 130 Å². The molecule has 0 aliphatic carbocycles. The summed E-state index contributed by atoms with van der Waals surface area (Å²) in [5, 5.41) is 2.72. The van der Waals surface area contributed by atoms with Gasteiger partial charge in [0.25, 0.3) is 0 Å². The quantitative estimate of drug-likeness (QED) is 0.826. The zero-order valence-corrected chi connectivity index (χ0v) is 12.5. The molecule has 1 aromatic carbocycles. The van der Waals surface area contributed by atoms with Crippen molar-refractivity contribution < 1.29 is 13.5 Å².